The minimum Gasteiger partial charge on any atom is -0.504 e. The minimum absolute atomic E-state index is 0.00640. The van der Waals surface area contributed by atoms with Gasteiger partial charge in [-0.25, -0.2) is 4.79 Å². The Kier molecular flexibility index (Phi) is 6.03. The zero-order valence-corrected chi connectivity index (χ0v) is 12.3. The summed E-state index contributed by atoms with van der Waals surface area (Å²) in [6.07, 6.45) is 2.07. The molecule has 0 bridgehead atoms. The second-order valence-electron chi connectivity index (χ2n) is 4.84. The molecule has 0 amide bonds. The molecule has 20 heavy (non-hydrogen) atoms. The summed E-state index contributed by atoms with van der Waals surface area (Å²) in [5.41, 5.74) is 0.502. The summed E-state index contributed by atoms with van der Waals surface area (Å²) in [7, 11) is 2.82. The zero-order valence-electron chi connectivity index (χ0n) is 12.3. The van der Waals surface area contributed by atoms with Crippen molar-refractivity contribution in [1.29, 1.82) is 0 Å². The van der Waals surface area contributed by atoms with Gasteiger partial charge in [0.2, 0.25) is 0 Å². The predicted molar refractivity (Wildman–Crippen MR) is 77.5 cm³/mol. The molecule has 0 aliphatic heterocycles. The lowest BCUT2D eigenvalue weighted by Gasteiger charge is -2.12. The fraction of sp³-hybridized carbons (Fsp3) is 0.467. The molecule has 0 spiro atoms. The standard InChI is InChI=1S/C15H21NO4/c1-10(2)8-12(15(18)20-4)16-9-11-6-5-7-13(19-3)14(11)17/h5-7,9-10,12,17H,8H2,1-4H3/t12-/m1/s1. The molecular weight excluding hydrogens is 258 g/mol. The van der Waals surface area contributed by atoms with Gasteiger partial charge in [0.1, 0.15) is 6.04 Å². The maximum absolute atomic E-state index is 11.7. The molecule has 0 aliphatic rings. The van der Waals surface area contributed by atoms with E-state index in [1.807, 2.05) is 13.8 Å². The number of carbonyl (C=O) groups excluding carboxylic acids is 1. The molecule has 0 radical (unpaired) electrons. The number of hydrogen-bond donors (Lipinski definition) is 1. The Morgan fingerprint density at radius 2 is 2.10 bits per heavy atom. The van der Waals surface area contributed by atoms with Gasteiger partial charge < -0.3 is 14.6 Å². The van der Waals surface area contributed by atoms with Crippen molar-refractivity contribution in [3.05, 3.63) is 23.8 Å². The SMILES string of the molecule is COC(=O)[C@@H](CC(C)C)N=Cc1cccc(OC)c1O. The van der Waals surface area contributed by atoms with Gasteiger partial charge in [-0.15, -0.1) is 0 Å². The topological polar surface area (TPSA) is 68.1 Å². The Bertz CT molecular complexity index is 483. The molecule has 0 heterocycles. The number of phenolic OH excluding ortho intramolecular Hbond substituents is 1. The summed E-state index contributed by atoms with van der Waals surface area (Å²) >= 11 is 0. The molecule has 0 unspecified atom stereocenters. The Morgan fingerprint density at radius 3 is 2.65 bits per heavy atom. The van der Waals surface area contributed by atoms with Crippen LogP contribution in [0.4, 0.5) is 0 Å². The Hall–Kier alpha value is -2.04. The number of para-hydroxylation sites is 1. The number of methoxy groups -OCH3 is 2. The number of carbonyl (C=O) groups is 1. The highest BCUT2D eigenvalue weighted by Gasteiger charge is 2.19. The third-order valence-corrected chi connectivity index (χ3v) is 2.81. The number of benzene rings is 1. The van der Waals surface area contributed by atoms with E-state index >= 15 is 0 Å². The van der Waals surface area contributed by atoms with Crippen LogP contribution in [0.1, 0.15) is 25.8 Å². The van der Waals surface area contributed by atoms with E-state index in [2.05, 4.69) is 4.99 Å². The van der Waals surface area contributed by atoms with E-state index in [0.29, 0.717) is 23.7 Å². The third kappa shape index (κ3) is 4.26. The van der Waals surface area contributed by atoms with E-state index in [9.17, 15) is 9.90 Å². The van der Waals surface area contributed by atoms with Gasteiger partial charge in [-0.2, -0.15) is 0 Å². The molecule has 0 aromatic heterocycles. The van der Waals surface area contributed by atoms with Crippen molar-refractivity contribution in [1.82, 2.24) is 0 Å². The second-order valence-corrected chi connectivity index (χ2v) is 4.84. The van der Waals surface area contributed by atoms with Crippen molar-refractivity contribution in [2.45, 2.75) is 26.3 Å². The van der Waals surface area contributed by atoms with Gasteiger partial charge in [0, 0.05) is 11.8 Å². The largest absolute Gasteiger partial charge is 0.504 e. The predicted octanol–water partition coefficient (Wildman–Crippen LogP) is 2.41. The van der Waals surface area contributed by atoms with Gasteiger partial charge in [-0.1, -0.05) is 19.9 Å². The van der Waals surface area contributed by atoms with Crippen molar-refractivity contribution in [2.24, 2.45) is 10.9 Å². The molecule has 1 aromatic rings. The summed E-state index contributed by atoms with van der Waals surface area (Å²) < 4.78 is 9.76. The maximum Gasteiger partial charge on any atom is 0.330 e. The van der Waals surface area contributed by atoms with Gasteiger partial charge in [0.15, 0.2) is 11.5 Å². The number of esters is 1. The summed E-state index contributed by atoms with van der Waals surface area (Å²) in [5, 5.41) is 9.95. The molecule has 1 aromatic carbocycles. The first-order chi connectivity index (χ1) is 9.49. The highest BCUT2D eigenvalue weighted by molar-refractivity contribution is 5.87. The van der Waals surface area contributed by atoms with Crippen molar-refractivity contribution in [3.63, 3.8) is 0 Å². The third-order valence-electron chi connectivity index (χ3n) is 2.81. The molecule has 1 atom stereocenters. The van der Waals surface area contributed by atoms with Crippen LogP contribution < -0.4 is 4.74 Å². The molecule has 0 saturated heterocycles. The first kappa shape index (κ1) is 16.0. The fourth-order valence-corrected chi connectivity index (χ4v) is 1.78. The monoisotopic (exact) mass is 279 g/mol. The number of aromatic hydroxyl groups is 1. The number of aliphatic imine (C=N–C) groups is 1. The van der Waals surface area contributed by atoms with E-state index in [1.165, 1.54) is 20.4 Å². The fourth-order valence-electron chi connectivity index (χ4n) is 1.78. The van der Waals surface area contributed by atoms with Crippen LogP contribution in [0.2, 0.25) is 0 Å². The van der Waals surface area contributed by atoms with E-state index in [0.717, 1.165) is 0 Å². The van der Waals surface area contributed by atoms with Crippen molar-refractivity contribution < 1.29 is 19.4 Å². The average molecular weight is 279 g/mol. The Labute approximate surface area is 119 Å². The van der Waals surface area contributed by atoms with Crippen LogP contribution in [0.25, 0.3) is 0 Å². The molecule has 1 N–H and O–H groups in total. The van der Waals surface area contributed by atoms with Gasteiger partial charge in [0.05, 0.1) is 14.2 Å². The lowest BCUT2D eigenvalue weighted by atomic mass is 10.0. The summed E-state index contributed by atoms with van der Waals surface area (Å²) in [6, 6.07) is 4.53. The average Bonchev–Trinajstić information content (AvgIpc) is 2.43. The second kappa shape index (κ2) is 7.53. The molecule has 110 valence electrons. The van der Waals surface area contributed by atoms with Crippen LogP contribution in [0, 0.1) is 5.92 Å². The van der Waals surface area contributed by atoms with Crippen LogP contribution in [0.5, 0.6) is 11.5 Å². The molecule has 0 aliphatic carbocycles. The quantitative estimate of drug-likeness (QED) is 0.641. The summed E-state index contributed by atoms with van der Waals surface area (Å²) in [4.78, 5) is 15.9. The van der Waals surface area contributed by atoms with Crippen LogP contribution in [0.15, 0.2) is 23.2 Å². The van der Waals surface area contributed by atoms with Crippen molar-refractivity contribution in [2.75, 3.05) is 14.2 Å². The van der Waals surface area contributed by atoms with E-state index in [4.69, 9.17) is 9.47 Å². The Balaban J connectivity index is 2.95. The molecule has 5 heteroatoms. The molecular formula is C15H21NO4. The molecule has 5 nitrogen and oxygen atoms in total. The Morgan fingerprint density at radius 1 is 1.40 bits per heavy atom. The number of ether oxygens (including phenoxy) is 2. The number of phenols is 1. The smallest absolute Gasteiger partial charge is 0.330 e. The number of nitrogens with zero attached hydrogens (tertiary/aromatic N) is 1. The maximum atomic E-state index is 11.7. The van der Waals surface area contributed by atoms with Crippen LogP contribution in [0.3, 0.4) is 0 Å². The highest BCUT2D eigenvalue weighted by atomic mass is 16.5. The highest BCUT2D eigenvalue weighted by Crippen LogP contribution is 2.28. The van der Waals surface area contributed by atoms with E-state index < -0.39 is 6.04 Å². The molecule has 0 fully saturated rings. The van der Waals surface area contributed by atoms with Gasteiger partial charge in [-0.05, 0) is 24.5 Å². The number of rotatable bonds is 6. The van der Waals surface area contributed by atoms with Crippen molar-refractivity contribution in [3.8, 4) is 11.5 Å². The number of hydrogen-bond acceptors (Lipinski definition) is 5. The van der Waals surface area contributed by atoms with Crippen LogP contribution >= 0.6 is 0 Å². The van der Waals surface area contributed by atoms with Gasteiger partial charge in [0.25, 0.3) is 0 Å². The summed E-state index contributed by atoms with van der Waals surface area (Å²) in [5.74, 6) is 0.312. The summed E-state index contributed by atoms with van der Waals surface area (Å²) in [6.45, 7) is 4.02. The van der Waals surface area contributed by atoms with Crippen molar-refractivity contribution >= 4 is 12.2 Å². The van der Waals surface area contributed by atoms with Gasteiger partial charge in [-0.3, -0.25) is 4.99 Å². The zero-order chi connectivity index (χ0) is 15.1. The van der Waals surface area contributed by atoms with Crippen LogP contribution in [-0.4, -0.2) is 37.6 Å². The first-order valence-electron chi connectivity index (χ1n) is 6.46. The normalized spacial score (nSPS) is 12.7. The van der Waals surface area contributed by atoms with E-state index in [1.54, 1.807) is 18.2 Å². The van der Waals surface area contributed by atoms with Gasteiger partial charge >= 0.3 is 5.97 Å². The minimum atomic E-state index is -0.564. The first-order valence-corrected chi connectivity index (χ1v) is 6.46. The van der Waals surface area contributed by atoms with Crippen LogP contribution in [-0.2, 0) is 9.53 Å². The van der Waals surface area contributed by atoms with E-state index in [-0.39, 0.29) is 11.7 Å². The lowest BCUT2D eigenvalue weighted by Crippen LogP contribution is -2.22. The molecule has 1 rings (SSSR count). The lowest BCUT2D eigenvalue weighted by molar-refractivity contribution is -0.142. The molecule has 0 saturated carbocycles.